The number of amides is 1. The fourth-order valence-electron chi connectivity index (χ4n) is 1.83. The van der Waals surface area contributed by atoms with Gasteiger partial charge in [0.05, 0.1) is 5.69 Å². The Balaban J connectivity index is 0.00000220. The van der Waals surface area contributed by atoms with Crippen molar-refractivity contribution in [1.82, 2.24) is 15.6 Å². The van der Waals surface area contributed by atoms with E-state index in [9.17, 15) is 4.79 Å². The first-order chi connectivity index (χ1) is 9.72. The summed E-state index contributed by atoms with van der Waals surface area (Å²) in [6, 6.07) is 9.93. The Morgan fingerprint density at radius 3 is 2.50 bits per heavy atom. The van der Waals surface area contributed by atoms with E-state index in [0.29, 0.717) is 11.4 Å². The van der Waals surface area contributed by atoms with Gasteiger partial charge in [-0.05, 0) is 13.5 Å². The van der Waals surface area contributed by atoms with E-state index in [0.717, 1.165) is 29.4 Å². The van der Waals surface area contributed by atoms with Gasteiger partial charge in [0.25, 0.3) is 5.91 Å². The van der Waals surface area contributed by atoms with Crippen molar-refractivity contribution < 1.29 is 4.79 Å². The van der Waals surface area contributed by atoms with Gasteiger partial charge in [-0.1, -0.05) is 37.3 Å². The van der Waals surface area contributed by atoms with Crippen molar-refractivity contribution in [1.29, 1.82) is 0 Å². The van der Waals surface area contributed by atoms with Gasteiger partial charge in [-0.25, -0.2) is 4.98 Å². The normalized spacial score (nSPS) is 9.55. The second-order valence-electron chi connectivity index (χ2n) is 4.41. The van der Waals surface area contributed by atoms with E-state index in [1.807, 2.05) is 44.2 Å². The zero-order valence-electron chi connectivity index (χ0n) is 12.6. The minimum Gasteiger partial charge on any atom is -0.350 e. The minimum absolute atomic E-state index is 0. The smallest absolute Gasteiger partial charge is 0.263 e. The van der Waals surface area contributed by atoms with E-state index in [2.05, 4.69) is 15.6 Å². The van der Waals surface area contributed by atoms with Crippen LogP contribution in [0.15, 0.2) is 30.3 Å². The van der Waals surface area contributed by atoms with Gasteiger partial charge in [0.1, 0.15) is 9.88 Å². The molecule has 1 amide bonds. The summed E-state index contributed by atoms with van der Waals surface area (Å²) in [5.41, 5.74) is 1.84. The zero-order valence-corrected chi connectivity index (χ0v) is 15.0. The Kier molecular flexibility index (Phi) is 10.0. The summed E-state index contributed by atoms with van der Waals surface area (Å²) >= 11 is 1.44. The highest BCUT2D eigenvalue weighted by atomic mass is 35.5. The van der Waals surface area contributed by atoms with Gasteiger partial charge in [0.15, 0.2) is 0 Å². The van der Waals surface area contributed by atoms with Crippen molar-refractivity contribution in [2.45, 2.75) is 13.8 Å². The maximum atomic E-state index is 12.1. The quantitative estimate of drug-likeness (QED) is 0.776. The minimum atomic E-state index is -0.0416. The van der Waals surface area contributed by atoms with Gasteiger partial charge in [0.2, 0.25) is 0 Å². The van der Waals surface area contributed by atoms with E-state index < -0.39 is 0 Å². The molecule has 0 unspecified atom stereocenters. The number of aryl methyl sites for hydroxylation is 1. The van der Waals surface area contributed by atoms with Crippen LogP contribution < -0.4 is 10.6 Å². The molecule has 0 aliphatic carbocycles. The lowest BCUT2D eigenvalue weighted by Crippen LogP contribution is -2.31. The molecule has 0 saturated heterocycles. The fourth-order valence-corrected chi connectivity index (χ4v) is 2.82. The number of likely N-dealkylation sites (N-methyl/N-ethyl adjacent to an activating group) is 1. The molecule has 0 saturated carbocycles. The summed E-state index contributed by atoms with van der Waals surface area (Å²) < 4.78 is 0. The number of thiazole rings is 1. The van der Waals surface area contributed by atoms with E-state index in [-0.39, 0.29) is 30.7 Å². The number of hydrogen-bond donors (Lipinski definition) is 2. The molecule has 2 aromatic rings. The SMILES string of the molecule is CCNCCNC(=O)c1sc(-c2ccccc2)nc1C.Cl.Cl. The molecule has 7 heteroatoms. The highest BCUT2D eigenvalue weighted by molar-refractivity contribution is 7.17. The third kappa shape index (κ3) is 5.57. The monoisotopic (exact) mass is 361 g/mol. The highest BCUT2D eigenvalue weighted by Crippen LogP contribution is 2.27. The van der Waals surface area contributed by atoms with Gasteiger partial charge in [-0.3, -0.25) is 4.79 Å². The molecule has 0 atom stereocenters. The highest BCUT2D eigenvalue weighted by Gasteiger charge is 2.15. The lowest BCUT2D eigenvalue weighted by molar-refractivity contribution is 0.0957. The Hall–Kier alpha value is -1.14. The average Bonchev–Trinajstić information content (AvgIpc) is 2.86. The summed E-state index contributed by atoms with van der Waals surface area (Å²) in [7, 11) is 0. The van der Waals surface area contributed by atoms with Crippen molar-refractivity contribution >= 4 is 42.1 Å². The largest absolute Gasteiger partial charge is 0.350 e. The molecule has 0 aliphatic heterocycles. The van der Waals surface area contributed by atoms with Crippen molar-refractivity contribution in [2.75, 3.05) is 19.6 Å². The molecule has 0 radical (unpaired) electrons. The van der Waals surface area contributed by atoms with Crippen LogP contribution in [-0.2, 0) is 0 Å². The predicted octanol–water partition coefficient (Wildman–Crippen LogP) is 3.30. The number of carbonyl (C=O) groups excluding carboxylic acids is 1. The number of nitrogens with one attached hydrogen (secondary N) is 2. The predicted molar refractivity (Wildman–Crippen MR) is 97.7 cm³/mol. The van der Waals surface area contributed by atoms with Crippen LogP contribution in [0, 0.1) is 6.92 Å². The lowest BCUT2D eigenvalue weighted by atomic mass is 10.2. The number of carbonyl (C=O) groups is 1. The molecule has 122 valence electrons. The van der Waals surface area contributed by atoms with Crippen LogP contribution in [0.5, 0.6) is 0 Å². The van der Waals surface area contributed by atoms with Crippen molar-refractivity contribution in [3.05, 3.63) is 40.9 Å². The lowest BCUT2D eigenvalue weighted by Gasteiger charge is -2.03. The van der Waals surface area contributed by atoms with E-state index >= 15 is 0 Å². The molecule has 0 bridgehead atoms. The molecule has 1 aromatic carbocycles. The summed E-state index contributed by atoms with van der Waals surface area (Å²) in [6.45, 7) is 6.24. The summed E-state index contributed by atoms with van der Waals surface area (Å²) in [4.78, 5) is 17.3. The molecule has 22 heavy (non-hydrogen) atoms. The summed E-state index contributed by atoms with van der Waals surface area (Å²) in [5.74, 6) is -0.0416. The van der Waals surface area contributed by atoms with Crippen LogP contribution >= 0.6 is 36.2 Å². The Morgan fingerprint density at radius 1 is 1.18 bits per heavy atom. The molecule has 2 N–H and O–H groups in total. The van der Waals surface area contributed by atoms with Gasteiger partial charge < -0.3 is 10.6 Å². The fraction of sp³-hybridized carbons (Fsp3) is 0.333. The summed E-state index contributed by atoms with van der Waals surface area (Å²) in [5, 5.41) is 6.97. The molecule has 2 rings (SSSR count). The molecule has 0 fully saturated rings. The number of rotatable bonds is 6. The number of benzene rings is 1. The first kappa shape index (κ1) is 20.9. The average molecular weight is 362 g/mol. The number of hydrogen-bond acceptors (Lipinski definition) is 4. The maximum Gasteiger partial charge on any atom is 0.263 e. The van der Waals surface area contributed by atoms with Gasteiger partial charge in [0, 0.05) is 18.7 Å². The standard InChI is InChI=1S/C15H19N3OS.2ClH/c1-3-16-9-10-17-14(19)13-11(2)18-15(20-13)12-7-5-4-6-8-12;;/h4-8,16H,3,9-10H2,1-2H3,(H,17,19);2*1H. The molecule has 0 aliphatic rings. The van der Waals surface area contributed by atoms with Crippen molar-refractivity contribution in [2.24, 2.45) is 0 Å². The molecule has 1 heterocycles. The Labute approximate surface area is 147 Å². The zero-order chi connectivity index (χ0) is 14.4. The number of nitrogens with zero attached hydrogens (tertiary/aromatic N) is 1. The first-order valence-electron chi connectivity index (χ1n) is 6.74. The molecular weight excluding hydrogens is 341 g/mol. The van der Waals surface area contributed by atoms with Crippen LogP contribution in [0.2, 0.25) is 0 Å². The second kappa shape index (κ2) is 10.6. The number of halogens is 2. The van der Waals surface area contributed by atoms with Crippen molar-refractivity contribution in [3.63, 3.8) is 0 Å². The Bertz CT molecular complexity index is 575. The molecule has 0 spiro atoms. The summed E-state index contributed by atoms with van der Waals surface area (Å²) in [6.07, 6.45) is 0. The Morgan fingerprint density at radius 2 is 1.86 bits per heavy atom. The van der Waals surface area contributed by atoms with Crippen LogP contribution in [0.1, 0.15) is 22.3 Å². The maximum absolute atomic E-state index is 12.1. The van der Waals surface area contributed by atoms with Gasteiger partial charge in [-0.15, -0.1) is 36.2 Å². The van der Waals surface area contributed by atoms with Crippen molar-refractivity contribution in [3.8, 4) is 10.6 Å². The number of aromatic nitrogens is 1. The van der Waals surface area contributed by atoms with Crippen LogP contribution in [0.4, 0.5) is 0 Å². The first-order valence-corrected chi connectivity index (χ1v) is 7.55. The molecule has 4 nitrogen and oxygen atoms in total. The molecule has 1 aromatic heterocycles. The van der Waals surface area contributed by atoms with Crippen LogP contribution in [0.3, 0.4) is 0 Å². The van der Waals surface area contributed by atoms with E-state index in [1.54, 1.807) is 0 Å². The second-order valence-corrected chi connectivity index (χ2v) is 5.41. The third-order valence-electron chi connectivity index (χ3n) is 2.86. The molecular formula is C15H21Cl2N3OS. The van der Waals surface area contributed by atoms with Crippen LogP contribution in [0.25, 0.3) is 10.6 Å². The van der Waals surface area contributed by atoms with Crippen LogP contribution in [-0.4, -0.2) is 30.5 Å². The van der Waals surface area contributed by atoms with Gasteiger partial charge in [-0.2, -0.15) is 0 Å². The van der Waals surface area contributed by atoms with Gasteiger partial charge >= 0.3 is 0 Å². The van der Waals surface area contributed by atoms with E-state index in [1.165, 1.54) is 11.3 Å². The topological polar surface area (TPSA) is 54.0 Å². The third-order valence-corrected chi connectivity index (χ3v) is 4.07. The van der Waals surface area contributed by atoms with E-state index in [4.69, 9.17) is 0 Å².